The molecule has 0 bridgehead atoms. The third-order valence-electron chi connectivity index (χ3n) is 7.71. The van der Waals surface area contributed by atoms with Gasteiger partial charge in [-0.1, -0.05) is 66.7 Å². The van der Waals surface area contributed by atoms with Gasteiger partial charge in [0.1, 0.15) is 12.1 Å². The number of aryl methyl sites for hydroxylation is 1. The van der Waals surface area contributed by atoms with Crippen LogP contribution in [0.3, 0.4) is 0 Å². The predicted octanol–water partition coefficient (Wildman–Crippen LogP) is 2.88. The van der Waals surface area contributed by atoms with Crippen LogP contribution < -0.4 is 5.32 Å². The van der Waals surface area contributed by atoms with Crippen molar-refractivity contribution in [1.29, 1.82) is 0 Å². The summed E-state index contributed by atoms with van der Waals surface area (Å²) in [7, 11) is 0. The first-order valence-corrected chi connectivity index (χ1v) is 12.2. The fraction of sp³-hybridized carbons (Fsp3) is 0.321. The van der Waals surface area contributed by atoms with E-state index in [1.807, 2.05) is 24.3 Å². The molecular weight excluding hydrogens is 440 g/mol. The first kappa shape index (κ1) is 21.8. The molecule has 2 fully saturated rings. The number of fused-ring (bicyclic) bond motifs is 3. The van der Waals surface area contributed by atoms with Crippen LogP contribution in [0.2, 0.25) is 0 Å². The summed E-state index contributed by atoms with van der Waals surface area (Å²) in [5.41, 5.74) is 2.20. The molecule has 4 amide bonds. The molecular formula is C28H28N4O3. The maximum Gasteiger partial charge on any atom is 0.325 e. The number of urea groups is 1. The number of hydrogen-bond donors (Lipinski definition) is 1. The second-order valence-electron chi connectivity index (χ2n) is 9.68. The van der Waals surface area contributed by atoms with Gasteiger partial charge in [0.2, 0.25) is 5.91 Å². The number of carbonyl (C=O) groups is 3. The number of piperazine rings is 1. The maximum atomic E-state index is 13.3. The van der Waals surface area contributed by atoms with Gasteiger partial charge in [0, 0.05) is 32.7 Å². The maximum absolute atomic E-state index is 13.3. The van der Waals surface area contributed by atoms with Crippen LogP contribution in [0.25, 0.3) is 10.8 Å². The fourth-order valence-corrected chi connectivity index (χ4v) is 5.80. The Labute approximate surface area is 204 Å². The van der Waals surface area contributed by atoms with Gasteiger partial charge in [-0.15, -0.1) is 0 Å². The highest BCUT2D eigenvalue weighted by molar-refractivity contribution is 6.10. The molecule has 1 atom stereocenters. The molecule has 0 radical (unpaired) electrons. The van der Waals surface area contributed by atoms with Gasteiger partial charge in [-0.2, -0.15) is 0 Å². The lowest BCUT2D eigenvalue weighted by molar-refractivity contribution is -0.140. The number of carbonyl (C=O) groups excluding carboxylic acids is 3. The minimum absolute atomic E-state index is 0.179. The second-order valence-corrected chi connectivity index (χ2v) is 9.68. The lowest BCUT2D eigenvalue weighted by Gasteiger charge is -2.35. The molecule has 1 spiro atoms. The molecule has 2 saturated heterocycles. The third kappa shape index (κ3) is 3.67. The van der Waals surface area contributed by atoms with Crippen molar-refractivity contribution in [2.75, 3.05) is 32.7 Å². The topological polar surface area (TPSA) is 73.0 Å². The van der Waals surface area contributed by atoms with E-state index < -0.39 is 11.6 Å². The molecule has 1 N–H and O–H groups in total. The van der Waals surface area contributed by atoms with E-state index >= 15 is 0 Å². The van der Waals surface area contributed by atoms with Crippen molar-refractivity contribution in [3.63, 3.8) is 0 Å². The van der Waals surface area contributed by atoms with Crippen molar-refractivity contribution < 1.29 is 14.4 Å². The van der Waals surface area contributed by atoms with E-state index in [1.54, 1.807) is 4.90 Å². The van der Waals surface area contributed by atoms with Gasteiger partial charge >= 0.3 is 6.03 Å². The average molecular weight is 469 g/mol. The second kappa shape index (κ2) is 8.50. The smallest absolute Gasteiger partial charge is 0.325 e. The van der Waals surface area contributed by atoms with E-state index in [1.165, 1.54) is 16.3 Å². The molecule has 6 rings (SSSR count). The van der Waals surface area contributed by atoms with Gasteiger partial charge < -0.3 is 10.2 Å². The SMILES string of the molecule is O=C(CN1C(=O)NC2(CCc3ccccc32)C1=O)N1CCN(Cc2cccc3ccccc23)CC1. The zero-order valence-corrected chi connectivity index (χ0v) is 19.6. The summed E-state index contributed by atoms with van der Waals surface area (Å²) in [6.45, 7) is 3.30. The first-order chi connectivity index (χ1) is 17.0. The monoisotopic (exact) mass is 468 g/mol. The van der Waals surface area contributed by atoms with Crippen molar-refractivity contribution in [3.05, 3.63) is 83.4 Å². The summed E-state index contributed by atoms with van der Waals surface area (Å²) in [4.78, 5) is 44.4. The molecule has 3 aliphatic rings. The van der Waals surface area contributed by atoms with Gasteiger partial charge in [-0.25, -0.2) is 4.79 Å². The zero-order chi connectivity index (χ0) is 24.0. The average Bonchev–Trinajstić information content (AvgIpc) is 3.37. The Morgan fingerprint density at radius 3 is 2.49 bits per heavy atom. The van der Waals surface area contributed by atoms with Crippen molar-refractivity contribution in [1.82, 2.24) is 20.0 Å². The quantitative estimate of drug-likeness (QED) is 0.598. The third-order valence-corrected chi connectivity index (χ3v) is 7.71. The van der Waals surface area contributed by atoms with E-state index in [-0.39, 0.29) is 18.4 Å². The molecule has 0 aromatic heterocycles. The van der Waals surface area contributed by atoms with Crippen LogP contribution in [-0.4, -0.2) is 65.3 Å². The van der Waals surface area contributed by atoms with Crippen LogP contribution in [-0.2, 0) is 28.1 Å². The Balaban J connectivity index is 1.09. The van der Waals surface area contributed by atoms with Crippen molar-refractivity contribution in [2.24, 2.45) is 0 Å². The molecule has 1 unspecified atom stereocenters. The van der Waals surface area contributed by atoms with Crippen molar-refractivity contribution in [2.45, 2.75) is 24.9 Å². The molecule has 7 heteroatoms. The summed E-state index contributed by atoms with van der Waals surface area (Å²) >= 11 is 0. The summed E-state index contributed by atoms with van der Waals surface area (Å²) < 4.78 is 0. The summed E-state index contributed by atoms with van der Waals surface area (Å²) in [5.74, 6) is -0.489. The number of benzene rings is 3. The van der Waals surface area contributed by atoms with Crippen LogP contribution in [0, 0.1) is 0 Å². The van der Waals surface area contributed by atoms with Gasteiger partial charge in [-0.3, -0.25) is 19.4 Å². The van der Waals surface area contributed by atoms with E-state index in [0.717, 1.165) is 42.1 Å². The Kier molecular flexibility index (Phi) is 5.29. The Morgan fingerprint density at radius 1 is 0.886 bits per heavy atom. The van der Waals surface area contributed by atoms with Crippen molar-refractivity contribution >= 4 is 28.6 Å². The highest BCUT2D eigenvalue weighted by Gasteiger charge is 2.55. The van der Waals surface area contributed by atoms with Gasteiger partial charge in [-0.05, 0) is 40.3 Å². The lowest BCUT2D eigenvalue weighted by atomic mass is 9.92. The Hall–Kier alpha value is -3.71. The Bertz CT molecular complexity index is 1330. The molecule has 3 aromatic carbocycles. The molecule has 2 heterocycles. The molecule has 35 heavy (non-hydrogen) atoms. The largest absolute Gasteiger partial charge is 0.339 e. The normalized spacial score (nSPS) is 22.2. The Morgan fingerprint density at radius 2 is 1.63 bits per heavy atom. The lowest BCUT2D eigenvalue weighted by Crippen LogP contribution is -2.51. The van der Waals surface area contributed by atoms with Crippen molar-refractivity contribution in [3.8, 4) is 0 Å². The number of nitrogens with one attached hydrogen (secondary N) is 1. The minimum atomic E-state index is -1.02. The van der Waals surface area contributed by atoms with Crippen LogP contribution in [0.5, 0.6) is 0 Å². The van der Waals surface area contributed by atoms with Gasteiger partial charge in [0.05, 0.1) is 0 Å². The first-order valence-electron chi connectivity index (χ1n) is 12.2. The zero-order valence-electron chi connectivity index (χ0n) is 19.6. The number of imide groups is 1. The molecule has 2 aliphatic heterocycles. The predicted molar refractivity (Wildman–Crippen MR) is 132 cm³/mol. The summed E-state index contributed by atoms with van der Waals surface area (Å²) in [6.07, 6.45) is 1.27. The standard InChI is InChI=1S/C28H28N4O3/c33-25(19-32-26(34)28(29-27(32)35)13-12-21-7-2-4-11-24(21)28)31-16-14-30(15-17-31)18-22-9-5-8-20-6-1-3-10-23(20)22/h1-11H,12-19H2,(H,29,35). The number of amides is 4. The molecule has 7 nitrogen and oxygen atoms in total. The van der Waals surface area contributed by atoms with Crippen LogP contribution in [0.4, 0.5) is 4.79 Å². The summed E-state index contributed by atoms with van der Waals surface area (Å²) in [5, 5.41) is 5.39. The summed E-state index contributed by atoms with van der Waals surface area (Å²) in [6, 6.07) is 22.0. The van der Waals surface area contributed by atoms with Gasteiger partial charge in [0.25, 0.3) is 5.91 Å². The number of nitrogens with zero attached hydrogens (tertiary/aromatic N) is 3. The van der Waals surface area contributed by atoms with E-state index in [9.17, 15) is 14.4 Å². The minimum Gasteiger partial charge on any atom is -0.339 e. The van der Waals surface area contributed by atoms with Gasteiger partial charge in [0.15, 0.2) is 0 Å². The number of hydrogen-bond acceptors (Lipinski definition) is 4. The molecule has 3 aromatic rings. The van der Waals surface area contributed by atoms with Crippen LogP contribution >= 0.6 is 0 Å². The molecule has 178 valence electrons. The van der Waals surface area contributed by atoms with Crippen LogP contribution in [0.1, 0.15) is 23.1 Å². The molecule has 1 aliphatic carbocycles. The van der Waals surface area contributed by atoms with E-state index in [2.05, 4.69) is 52.7 Å². The fourth-order valence-electron chi connectivity index (χ4n) is 5.80. The molecule has 0 saturated carbocycles. The highest BCUT2D eigenvalue weighted by atomic mass is 16.2. The van der Waals surface area contributed by atoms with E-state index in [4.69, 9.17) is 0 Å². The van der Waals surface area contributed by atoms with E-state index in [0.29, 0.717) is 19.5 Å². The number of rotatable bonds is 4. The van der Waals surface area contributed by atoms with Crippen LogP contribution in [0.15, 0.2) is 66.7 Å². The highest BCUT2D eigenvalue weighted by Crippen LogP contribution is 2.41.